The lowest BCUT2D eigenvalue weighted by Gasteiger charge is -2.66. The molecule has 50 heavy (non-hydrogen) atoms. The molecule has 2 saturated carbocycles. The Balaban J connectivity index is 1.70. The predicted molar refractivity (Wildman–Crippen MR) is 166 cm³/mol. The number of carbonyl (C=O) groups excluding carboxylic acids is 2. The number of Topliss-reactive ketones (excluding diaryl/α,β-unsaturated/α-hetero) is 1. The van der Waals surface area contributed by atoms with Crippen LogP contribution in [0.15, 0.2) is 23.0 Å². The van der Waals surface area contributed by atoms with Crippen LogP contribution in [0.1, 0.15) is 78.9 Å². The summed E-state index contributed by atoms with van der Waals surface area (Å²) < 4.78 is 29.4. The first kappa shape index (κ1) is 38.3. The summed E-state index contributed by atoms with van der Waals surface area (Å²) in [7, 11) is 0. The first-order valence-electron chi connectivity index (χ1n) is 16.7. The summed E-state index contributed by atoms with van der Waals surface area (Å²) in [4.78, 5) is 52.3. The molecule has 7 N–H and O–H groups in total. The van der Waals surface area contributed by atoms with Crippen molar-refractivity contribution in [2.75, 3.05) is 6.61 Å². The van der Waals surface area contributed by atoms with Gasteiger partial charge in [0.1, 0.15) is 41.9 Å². The maximum absolute atomic E-state index is 14.8. The highest BCUT2D eigenvalue weighted by Crippen LogP contribution is 2.77. The third-order valence-electron chi connectivity index (χ3n) is 12.3. The molecule has 0 bridgehead atoms. The second-order valence-corrected chi connectivity index (χ2v) is 15.4. The molecule has 4 fully saturated rings. The number of rotatable bonds is 11. The molecule has 5 unspecified atom stereocenters. The third-order valence-corrected chi connectivity index (χ3v) is 12.3. The topological polar surface area (TPSA) is 263 Å². The van der Waals surface area contributed by atoms with Gasteiger partial charge in [-0.05, 0) is 45.6 Å². The van der Waals surface area contributed by atoms with Gasteiger partial charge in [0.25, 0.3) is 0 Å². The highest BCUT2D eigenvalue weighted by Gasteiger charge is 2.86. The Labute approximate surface area is 288 Å². The minimum atomic E-state index is -1.88. The number of hydrogen-bond acceptors (Lipinski definition) is 14. The number of ketones is 1. The molecule has 0 radical (unpaired) electrons. The molecule has 5 rings (SSSR count). The standard InChI is InChI=1S/C34H48O16/c1-15(36)47-21(12-22(38)39)32(5)18-7-9-31(4,34(27(50-34)28(43)44)33(18,6)20(37)11-19(32)30(2,3)45)26(16-8-10-46-14-16)49-29-25(42)24(41)23(40)17(13-35)48-29/h8,10,14,17-19,21,23-27,29,35,40-42,45H,7,9,11-13H2,1-6H3,(H,38,39)(H,43,44)/t17-,18?,19?,21?,23-,24+,25-,26+,27?,29+,31+,32+,33-,34?/m0/s1. The molecular weight excluding hydrogens is 664 g/mol. The minimum Gasteiger partial charge on any atom is -0.481 e. The smallest absolute Gasteiger partial charge is 0.335 e. The molecule has 16 heteroatoms. The maximum Gasteiger partial charge on any atom is 0.335 e. The monoisotopic (exact) mass is 712 g/mol. The number of esters is 1. The predicted octanol–water partition coefficient (Wildman–Crippen LogP) is 0.555. The summed E-state index contributed by atoms with van der Waals surface area (Å²) in [6, 6.07) is 1.53. The summed E-state index contributed by atoms with van der Waals surface area (Å²) in [6.45, 7) is 8.24. The summed E-state index contributed by atoms with van der Waals surface area (Å²) in [5.74, 6) is -5.77. The molecule has 1 aromatic rings. The van der Waals surface area contributed by atoms with Crippen molar-refractivity contribution < 1.29 is 78.3 Å². The number of ether oxygens (including phenoxy) is 4. The van der Waals surface area contributed by atoms with Crippen LogP contribution in [0.5, 0.6) is 0 Å². The van der Waals surface area contributed by atoms with E-state index in [4.69, 9.17) is 23.4 Å². The SMILES string of the molecule is CC(=O)OC(CC(=O)O)[C@@]1(C)C(C(C)(C)O)CC(=O)[C@]2(C)C1CC[C@](C)([C@H](O[C@H]1O[C@@H](CO)[C@H](O)[C@@H](O)[C@@H]1O)c1ccoc1)C21OC1C(=O)O. The number of furan rings is 1. The Morgan fingerprint density at radius 1 is 1.08 bits per heavy atom. The van der Waals surface area contributed by atoms with Crippen LogP contribution in [0, 0.1) is 28.1 Å². The van der Waals surface area contributed by atoms with E-state index in [9.17, 15) is 54.9 Å². The van der Waals surface area contributed by atoms with Crippen LogP contribution in [0.4, 0.5) is 0 Å². The number of aliphatic hydroxyl groups excluding tert-OH is 4. The Bertz CT molecular complexity index is 1450. The average molecular weight is 713 g/mol. The fourth-order valence-corrected chi connectivity index (χ4v) is 10.0. The fraction of sp³-hybridized carbons (Fsp3) is 0.765. The van der Waals surface area contributed by atoms with Crippen LogP contribution in [0.3, 0.4) is 0 Å². The molecular formula is C34H48O16. The second kappa shape index (κ2) is 12.9. The van der Waals surface area contributed by atoms with Crippen molar-refractivity contribution in [1.29, 1.82) is 0 Å². The summed E-state index contributed by atoms with van der Waals surface area (Å²) in [6.07, 6.45) is -10.7. The van der Waals surface area contributed by atoms with E-state index in [1.54, 1.807) is 20.8 Å². The molecule has 2 aliphatic carbocycles. The summed E-state index contributed by atoms with van der Waals surface area (Å²) >= 11 is 0. The van der Waals surface area contributed by atoms with E-state index in [2.05, 4.69) is 0 Å². The highest BCUT2D eigenvalue weighted by atomic mass is 16.7. The zero-order chi connectivity index (χ0) is 37.4. The van der Waals surface area contributed by atoms with E-state index in [1.807, 2.05) is 0 Å². The van der Waals surface area contributed by atoms with Gasteiger partial charge >= 0.3 is 17.9 Å². The number of fused-ring (bicyclic) bond motifs is 2. The fourth-order valence-electron chi connectivity index (χ4n) is 10.0. The molecule has 2 aliphatic heterocycles. The summed E-state index contributed by atoms with van der Waals surface area (Å²) in [5.41, 5.74) is -7.74. The van der Waals surface area contributed by atoms with Gasteiger partial charge < -0.3 is 59.1 Å². The number of carbonyl (C=O) groups is 4. The van der Waals surface area contributed by atoms with Crippen LogP contribution >= 0.6 is 0 Å². The highest BCUT2D eigenvalue weighted by molar-refractivity contribution is 5.92. The first-order valence-corrected chi connectivity index (χ1v) is 16.7. The van der Waals surface area contributed by atoms with Crippen LogP contribution in [0.2, 0.25) is 0 Å². The van der Waals surface area contributed by atoms with Crippen LogP contribution < -0.4 is 0 Å². The molecule has 280 valence electrons. The second-order valence-electron chi connectivity index (χ2n) is 15.4. The number of aliphatic carboxylic acids is 2. The van der Waals surface area contributed by atoms with E-state index < -0.39 is 125 Å². The number of carboxylic acids is 2. The van der Waals surface area contributed by atoms with Gasteiger partial charge in [0, 0.05) is 35.7 Å². The van der Waals surface area contributed by atoms with Gasteiger partial charge in [-0.15, -0.1) is 0 Å². The zero-order valence-corrected chi connectivity index (χ0v) is 28.8. The van der Waals surface area contributed by atoms with E-state index in [0.29, 0.717) is 5.56 Å². The molecule has 4 aliphatic rings. The van der Waals surface area contributed by atoms with Crippen molar-refractivity contribution in [2.24, 2.45) is 28.1 Å². The molecule has 0 amide bonds. The Morgan fingerprint density at radius 3 is 2.24 bits per heavy atom. The normalized spacial score (nSPS) is 42.7. The molecule has 0 aromatic carbocycles. The van der Waals surface area contributed by atoms with E-state index in [1.165, 1.54) is 32.4 Å². The molecule has 1 spiro atoms. The van der Waals surface area contributed by atoms with E-state index in [-0.39, 0.29) is 19.3 Å². The Kier molecular flexibility index (Phi) is 9.89. The van der Waals surface area contributed by atoms with Crippen LogP contribution in [0.25, 0.3) is 0 Å². The van der Waals surface area contributed by atoms with Crippen molar-refractivity contribution in [3.63, 3.8) is 0 Å². The molecule has 16 nitrogen and oxygen atoms in total. The average Bonchev–Trinajstić information content (AvgIpc) is 3.58. The van der Waals surface area contributed by atoms with Crippen LogP contribution in [-0.2, 0) is 38.1 Å². The number of epoxide rings is 1. The van der Waals surface area contributed by atoms with Gasteiger partial charge in [-0.25, -0.2) is 4.79 Å². The van der Waals surface area contributed by atoms with Gasteiger partial charge in [-0.1, -0.05) is 13.8 Å². The molecule has 14 atom stereocenters. The van der Waals surface area contributed by atoms with Crippen molar-refractivity contribution in [1.82, 2.24) is 0 Å². The van der Waals surface area contributed by atoms with Gasteiger partial charge in [0.2, 0.25) is 0 Å². The number of aliphatic hydroxyl groups is 5. The van der Waals surface area contributed by atoms with Gasteiger partial charge in [0.05, 0.1) is 42.7 Å². The lowest BCUT2D eigenvalue weighted by atomic mass is 9.37. The van der Waals surface area contributed by atoms with Gasteiger partial charge in [0.15, 0.2) is 12.4 Å². The Morgan fingerprint density at radius 2 is 1.74 bits per heavy atom. The van der Waals surface area contributed by atoms with Gasteiger partial charge in [-0.2, -0.15) is 0 Å². The largest absolute Gasteiger partial charge is 0.481 e. The van der Waals surface area contributed by atoms with Crippen molar-refractivity contribution >= 4 is 23.7 Å². The van der Waals surface area contributed by atoms with E-state index in [0.717, 1.165) is 6.92 Å². The van der Waals surface area contributed by atoms with Crippen LogP contribution in [-0.4, -0.2) is 120 Å². The summed E-state index contributed by atoms with van der Waals surface area (Å²) in [5, 5.41) is 73.6. The molecule has 3 heterocycles. The third kappa shape index (κ3) is 5.59. The lowest BCUT2D eigenvalue weighted by Crippen LogP contribution is -2.72. The molecule has 1 aromatic heterocycles. The zero-order valence-electron chi connectivity index (χ0n) is 28.8. The number of hydrogen-bond donors (Lipinski definition) is 7. The quantitative estimate of drug-likeness (QED) is 0.122. The van der Waals surface area contributed by atoms with Crippen molar-refractivity contribution in [3.05, 3.63) is 24.2 Å². The Hall–Kier alpha value is -2.96. The maximum atomic E-state index is 14.8. The van der Waals surface area contributed by atoms with Gasteiger partial charge in [-0.3, -0.25) is 14.4 Å². The molecule has 2 saturated heterocycles. The van der Waals surface area contributed by atoms with Crippen molar-refractivity contribution in [2.45, 2.75) is 127 Å². The van der Waals surface area contributed by atoms with E-state index >= 15 is 0 Å². The number of carboxylic acid groups (broad SMARTS) is 2. The minimum absolute atomic E-state index is 0.0472. The first-order chi connectivity index (χ1) is 23.1. The lowest BCUT2D eigenvalue weighted by molar-refractivity contribution is -0.329. The van der Waals surface area contributed by atoms with Crippen molar-refractivity contribution in [3.8, 4) is 0 Å².